The molecule has 3 aromatic rings. The van der Waals surface area contributed by atoms with Gasteiger partial charge in [0.15, 0.2) is 5.76 Å². The molecule has 1 atom stereocenters. The van der Waals surface area contributed by atoms with Crippen LogP contribution < -0.4 is 13.8 Å². The van der Waals surface area contributed by atoms with E-state index in [1.165, 1.54) is 25.5 Å². The zero-order chi connectivity index (χ0) is 26.3. The van der Waals surface area contributed by atoms with Crippen molar-refractivity contribution in [2.75, 3.05) is 25.1 Å². The number of nitrogens with zero attached hydrogens (tertiary/aromatic N) is 2. The molecule has 0 saturated heterocycles. The van der Waals surface area contributed by atoms with Crippen LogP contribution >= 0.6 is 0 Å². The summed E-state index contributed by atoms with van der Waals surface area (Å²) in [6.45, 7) is 9.63. The predicted molar refractivity (Wildman–Crippen MR) is 139 cm³/mol. The molecule has 1 heterocycles. The third-order valence-electron chi connectivity index (χ3n) is 6.18. The van der Waals surface area contributed by atoms with Gasteiger partial charge in [0.05, 0.1) is 19.9 Å². The van der Waals surface area contributed by atoms with E-state index in [1.54, 1.807) is 35.2 Å². The summed E-state index contributed by atoms with van der Waals surface area (Å²) < 4.78 is 42.6. The zero-order valence-corrected chi connectivity index (χ0v) is 22.2. The molecule has 0 spiro atoms. The van der Waals surface area contributed by atoms with Gasteiger partial charge in [-0.15, -0.1) is 0 Å². The second kappa shape index (κ2) is 12.0. The van der Waals surface area contributed by atoms with Gasteiger partial charge < -0.3 is 23.1 Å². The largest absolute Gasteiger partial charge is 0.497 e. The first-order valence-electron chi connectivity index (χ1n) is 12.0. The van der Waals surface area contributed by atoms with Gasteiger partial charge in [-0.3, -0.25) is 4.79 Å². The maximum absolute atomic E-state index is 13.2. The average Bonchev–Trinajstić information content (AvgIpc) is 3.43. The van der Waals surface area contributed by atoms with E-state index in [0.29, 0.717) is 17.7 Å². The lowest BCUT2D eigenvalue weighted by Crippen LogP contribution is -2.37. The van der Waals surface area contributed by atoms with Gasteiger partial charge in [-0.1, -0.05) is 13.0 Å². The zero-order valence-electron chi connectivity index (χ0n) is 21.4. The quantitative estimate of drug-likeness (QED) is 0.301. The van der Waals surface area contributed by atoms with Crippen LogP contribution in [-0.4, -0.2) is 45.5 Å². The summed E-state index contributed by atoms with van der Waals surface area (Å²) in [5.74, 6) is 0.670. The first-order valence-corrected chi connectivity index (χ1v) is 13.5. The van der Waals surface area contributed by atoms with E-state index >= 15 is 0 Å². The lowest BCUT2D eigenvalue weighted by Gasteiger charge is -2.29. The molecule has 0 aliphatic heterocycles. The average molecular weight is 515 g/mol. The van der Waals surface area contributed by atoms with Gasteiger partial charge >= 0.3 is 10.1 Å². The van der Waals surface area contributed by atoms with Crippen LogP contribution in [-0.2, 0) is 16.7 Å². The van der Waals surface area contributed by atoms with Crippen LogP contribution in [0, 0.1) is 0 Å². The number of hydrogen-bond acceptors (Lipinski definition) is 7. The number of benzene rings is 2. The Hall–Kier alpha value is -3.46. The van der Waals surface area contributed by atoms with Crippen LogP contribution in [0.3, 0.4) is 0 Å². The second-order valence-electron chi connectivity index (χ2n) is 8.34. The molecule has 0 fully saturated rings. The molecule has 0 saturated carbocycles. The standard InChI is InChI=1S/C27H34N2O6S/c1-6-20(4)29(27(30)25-10-9-17-34-25)19-21-11-12-22(28(7-2)8-3)18-26(21)35-36(31,32)24-15-13-23(33-5)14-16-24/h9-18,20H,6-8,19H2,1-5H3/t20-/m1/s1. The number of ether oxygens (including phenoxy) is 1. The van der Waals surface area contributed by atoms with Gasteiger partial charge in [-0.2, -0.15) is 8.42 Å². The lowest BCUT2D eigenvalue weighted by molar-refractivity contribution is 0.0638. The van der Waals surface area contributed by atoms with Crippen LogP contribution in [0.25, 0.3) is 0 Å². The van der Waals surface area contributed by atoms with Crippen LogP contribution in [0.15, 0.2) is 70.2 Å². The van der Waals surface area contributed by atoms with E-state index in [1.807, 2.05) is 39.8 Å². The molecule has 1 amide bonds. The molecule has 194 valence electrons. The van der Waals surface area contributed by atoms with Crippen molar-refractivity contribution < 1.29 is 26.5 Å². The first kappa shape index (κ1) is 27.1. The summed E-state index contributed by atoms with van der Waals surface area (Å²) >= 11 is 0. The fourth-order valence-electron chi connectivity index (χ4n) is 3.82. The summed E-state index contributed by atoms with van der Waals surface area (Å²) in [4.78, 5) is 17.0. The third kappa shape index (κ3) is 6.20. The minimum atomic E-state index is -4.14. The fraction of sp³-hybridized carbons (Fsp3) is 0.370. The summed E-state index contributed by atoms with van der Waals surface area (Å²) in [7, 11) is -2.63. The van der Waals surface area contributed by atoms with Crippen molar-refractivity contribution in [1.29, 1.82) is 0 Å². The molecule has 2 aromatic carbocycles. The number of furan rings is 1. The minimum Gasteiger partial charge on any atom is -0.497 e. The van der Waals surface area contributed by atoms with Crippen LogP contribution in [0.5, 0.6) is 11.5 Å². The van der Waals surface area contributed by atoms with Gasteiger partial charge in [0.25, 0.3) is 5.91 Å². The highest BCUT2D eigenvalue weighted by Gasteiger charge is 2.26. The van der Waals surface area contributed by atoms with E-state index < -0.39 is 10.1 Å². The van der Waals surface area contributed by atoms with Crippen molar-refractivity contribution in [1.82, 2.24) is 4.90 Å². The smallest absolute Gasteiger partial charge is 0.339 e. The first-order chi connectivity index (χ1) is 17.2. The Labute approximate surface area is 213 Å². The Morgan fingerprint density at radius 1 is 1.03 bits per heavy atom. The number of hydrogen-bond donors (Lipinski definition) is 0. The van der Waals surface area contributed by atoms with Gasteiger partial charge in [-0.05, 0) is 69.7 Å². The number of carbonyl (C=O) groups is 1. The van der Waals surface area contributed by atoms with Crippen molar-refractivity contribution >= 4 is 21.7 Å². The van der Waals surface area contributed by atoms with E-state index in [9.17, 15) is 13.2 Å². The van der Waals surface area contributed by atoms with Crippen LogP contribution in [0.1, 0.15) is 50.2 Å². The second-order valence-corrected chi connectivity index (χ2v) is 9.89. The Morgan fingerprint density at radius 2 is 1.72 bits per heavy atom. The molecule has 36 heavy (non-hydrogen) atoms. The predicted octanol–water partition coefficient (Wildman–Crippen LogP) is 5.34. The van der Waals surface area contributed by atoms with Gasteiger partial charge in [0.2, 0.25) is 0 Å². The van der Waals surface area contributed by atoms with E-state index in [0.717, 1.165) is 18.8 Å². The maximum Gasteiger partial charge on any atom is 0.339 e. The van der Waals surface area contributed by atoms with Gasteiger partial charge in [0.1, 0.15) is 16.4 Å². The minimum absolute atomic E-state index is 0.00735. The molecule has 1 aromatic heterocycles. The highest BCUT2D eigenvalue weighted by molar-refractivity contribution is 7.87. The fourth-order valence-corrected chi connectivity index (χ4v) is 4.78. The van der Waals surface area contributed by atoms with E-state index in [4.69, 9.17) is 13.3 Å². The van der Waals surface area contributed by atoms with Crippen LogP contribution in [0.4, 0.5) is 5.69 Å². The molecule has 0 N–H and O–H groups in total. The number of carbonyl (C=O) groups excluding carboxylic acids is 1. The highest BCUT2D eigenvalue weighted by atomic mass is 32.2. The number of amides is 1. The summed E-state index contributed by atoms with van der Waals surface area (Å²) in [6, 6.07) is 14.6. The normalized spacial score (nSPS) is 12.1. The van der Waals surface area contributed by atoms with E-state index in [-0.39, 0.29) is 34.9 Å². The topological polar surface area (TPSA) is 89.3 Å². The van der Waals surface area contributed by atoms with Crippen molar-refractivity contribution in [3.05, 3.63) is 72.2 Å². The third-order valence-corrected chi connectivity index (χ3v) is 7.43. The lowest BCUT2D eigenvalue weighted by atomic mass is 10.1. The van der Waals surface area contributed by atoms with Crippen LogP contribution in [0.2, 0.25) is 0 Å². The molecule has 0 bridgehead atoms. The SMILES string of the molecule is CC[C@@H](C)N(Cc1ccc(N(CC)CC)cc1OS(=O)(=O)c1ccc(OC)cc1)C(=O)c1ccco1. The molecular formula is C27H34N2O6S. The summed E-state index contributed by atoms with van der Waals surface area (Å²) in [6.07, 6.45) is 2.17. The van der Waals surface area contributed by atoms with E-state index in [2.05, 4.69) is 4.90 Å². The van der Waals surface area contributed by atoms with Crippen molar-refractivity contribution in [2.45, 2.75) is 51.6 Å². The number of rotatable bonds is 12. The molecule has 0 aliphatic carbocycles. The number of anilines is 1. The molecule has 8 nitrogen and oxygen atoms in total. The Kier molecular flexibility index (Phi) is 9.03. The molecular weight excluding hydrogens is 480 g/mol. The van der Waals surface area contributed by atoms with Crippen molar-refractivity contribution in [2.24, 2.45) is 0 Å². The molecule has 0 radical (unpaired) electrons. The van der Waals surface area contributed by atoms with Gasteiger partial charge in [-0.25, -0.2) is 0 Å². The maximum atomic E-state index is 13.2. The Bertz CT molecular complexity index is 1240. The van der Waals surface area contributed by atoms with Crippen molar-refractivity contribution in [3.63, 3.8) is 0 Å². The molecule has 9 heteroatoms. The monoisotopic (exact) mass is 514 g/mol. The summed E-state index contributed by atoms with van der Waals surface area (Å²) in [5.41, 5.74) is 1.40. The molecule has 0 aliphatic rings. The van der Waals surface area contributed by atoms with Gasteiger partial charge in [0, 0.05) is 36.4 Å². The Morgan fingerprint density at radius 3 is 2.28 bits per heavy atom. The Balaban J connectivity index is 2.03. The highest BCUT2D eigenvalue weighted by Crippen LogP contribution is 2.31. The molecule has 0 unspecified atom stereocenters. The van der Waals surface area contributed by atoms with Crippen molar-refractivity contribution in [3.8, 4) is 11.5 Å². The molecule has 3 rings (SSSR count). The number of methoxy groups -OCH3 is 1. The summed E-state index contributed by atoms with van der Waals surface area (Å²) in [5, 5.41) is 0.